The van der Waals surface area contributed by atoms with E-state index in [2.05, 4.69) is 4.90 Å². The van der Waals surface area contributed by atoms with Gasteiger partial charge in [0.15, 0.2) is 0 Å². The minimum absolute atomic E-state index is 0.0587. The van der Waals surface area contributed by atoms with E-state index >= 15 is 0 Å². The van der Waals surface area contributed by atoms with Crippen molar-refractivity contribution in [2.45, 2.75) is 6.04 Å². The molecule has 1 aliphatic heterocycles. The molecule has 1 fully saturated rings. The second-order valence-corrected chi connectivity index (χ2v) is 5.96. The first-order chi connectivity index (χ1) is 10.9. The first-order valence-corrected chi connectivity index (χ1v) is 7.60. The summed E-state index contributed by atoms with van der Waals surface area (Å²) in [6.07, 6.45) is 0. The van der Waals surface area contributed by atoms with Crippen LogP contribution in [-0.4, -0.2) is 73.3 Å². The number of hydrogen-bond donors (Lipinski definition) is 1. The fourth-order valence-electron chi connectivity index (χ4n) is 2.71. The second kappa shape index (κ2) is 7.52. The average Bonchev–Trinajstić information content (AvgIpc) is 2.50. The third kappa shape index (κ3) is 4.49. The molecule has 0 radical (unpaired) electrons. The molecule has 0 bridgehead atoms. The van der Waals surface area contributed by atoms with Crippen LogP contribution in [0.25, 0.3) is 0 Å². The van der Waals surface area contributed by atoms with Gasteiger partial charge < -0.3 is 10.6 Å². The smallest absolute Gasteiger partial charge is 0.239 e. The van der Waals surface area contributed by atoms with E-state index in [9.17, 15) is 14.0 Å². The van der Waals surface area contributed by atoms with Gasteiger partial charge in [-0.1, -0.05) is 12.1 Å². The fraction of sp³-hybridized carbons (Fsp3) is 0.500. The van der Waals surface area contributed by atoms with Crippen molar-refractivity contribution in [1.29, 1.82) is 0 Å². The Morgan fingerprint density at radius 1 is 1.17 bits per heavy atom. The van der Waals surface area contributed by atoms with Crippen molar-refractivity contribution in [3.8, 4) is 0 Å². The molecule has 1 aromatic carbocycles. The Morgan fingerprint density at radius 3 is 2.22 bits per heavy atom. The number of amides is 2. The van der Waals surface area contributed by atoms with Gasteiger partial charge in [-0.3, -0.25) is 19.4 Å². The standard InChI is InChI=1S/C16H23FN4O2/c1-19(2)14(22)11-20-7-9-21(10-8-20)15(16(18)23)12-3-5-13(17)6-4-12/h3-6,15H,7-11H2,1-2H3,(H2,18,23). The number of likely N-dealkylation sites (N-methyl/N-ethyl adjacent to an activating group) is 1. The first-order valence-electron chi connectivity index (χ1n) is 7.60. The topological polar surface area (TPSA) is 69.9 Å². The molecular formula is C16H23FN4O2. The van der Waals surface area contributed by atoms with Crippen LogP contribution in [0.15, 0.2) is 24.3 Å². The van der Waals surface area contributed by atoms with Crippen LogP contribution in [0.5, 0.6) is 0 Å². The maximum absolute atomic E-state index is 13.1. The van der Waals surface area contributed by atoms with Crippen LogP contribution in [0.4, 0.5) is 4.39 Å². The van der Waals surface area contributed by atoms with Crippen molar-refractivity contribution in [3.63, 3.8) is 0 Å². The van der Waals surface area contributed by atoms with Crippen LogP contribution in [-0.2, 0) is 9.59 Å². The molecule has 23 heavy (non-hydrogen) atoms. The molecule has 126 valence electrons. The van der Waals surface area contributed by atoms with Gasteiger partial charge >= 0.3 is 0 Å². The summed E-state index contributed by atoms with van der Waals surface area (Å²) < 4.78 is 13.1. The van der Waals surface area contributed by atoms with Gasteiger partial charge in [-0.15, -0.1) is 0 Å². The Labute approximate surface area is 135 Å². The molecule has 6 nitrogen and oxygen atoms in total. The van der Waals surface area contributed by atoms with E-state index in [1.165, 1.54) is 12.1 Å². The Hall–Kier alpha value is -1.99. The first kappa shape index (κ1) is 17.4. The molecule has 1 aliphatic rings. The van der Waals surface area contributed by atoms with Gasteiger partial charge in [-0.2, -0.15) is 0 Å². The van der Waals surface area contributed by atoms with E-state index in [1.807, 2.05) is 4.90 Å². The molecule has 0 spiro atoms. The summed E-state index contributed by atoms with van der Waals surface area (Å²) in [6, 6.07) is 5.27. The summed E-state index contributed by atoms with van der Waals surface area (Å²) in [6.45, 7) is 3.01. The highest BCUT2D eigenvalue weighted by Gasteiger charge is 2.29. The third-order valence-electron chi connectivity index (χ3n) is 4.08. The predicted octanol–water partition coefficient (Wildman–Crippen LogP) is 0.0579. The molecule has 0 saturated carbocycles. The van der Waals surface area contributed by atoms with Crippen molar-refractivity contribution < 1.29 is 14.0 Å². The molecule has 1 heterocycles. The van der Waals surface area contributed by atoms with Crippen LogP contribution >= 0.6 is 0 Å². The van der Waals surface area contributed by atoms with Crippen molar-refractivity contribution >= 4 is 11.8 Å². The van der Waals surface area contributed by atoms with E-state index in [1.54, 1.807) is 31.1 Å². The molecule has 2 amide bonds. The number of hydrogen-bond acceptors (Lipinski definition) is 4. The molecule has 2 rings (SSSR count). The highest BCUT2D eigenvalue weighted by Crippen LogP contribution is 2.22. The monoisotopic (exact) mass is 322 g/mol. The van der Waals surface area contributed by atoms with Crippen molar-refractivity contribution in [3.05, 3.63) is 35.6 Å². The minimum atomic E-state index is -0.567. The molecule has 1 aromatic rings. The highest BCUT2D eigenvalue weighted by molar-refractivity contribution is 5.81. The van der Waals surface area contributed by atoms with E-state index in [4.69, 9.17) is 5.73 Å². The number of carbonyl (C=O) groups excluding carboxylic acids is 2. The van der Waals surface area contributed by atoms with E-state index in [0.717, 1.165) is 0 Å². The van der Waals surface area contributed by atoms with Crippen molar-refractivity contribution in [1.82, 2.24) is 14.7 Å². The van der Waals surface area contributed by atoms with Crippen LogP contribution in [0.1, 0.15) is 11.6 Å². The lowest BCUT2D eigenvalue weighted by Gasteiger charge is -2.38. The van der Waals surface area contributed by atoms with Crippen molar-refractivity contribution in [2.75, 3.05) is 46.8 Å². The van der Waals surface area contributed by atoms with Gasteiger partial charge in [0.25, 0.3) is 0 Å². The second-order valence-electron chi connectivity index (χ2n) is 5.96. The molecule has 7 heteroatoms. The number of carbonyl (C=O) groups is 2. The number of benzene rings is 1. The van der Waals surface area contributed by atoms with Crippen LogP contribution in [0, 0.1) is 5.82 Å². The van der Waals surface area contributed by atoms with E-state index < -0.39 is 11.9 Å². The number of rotatable bonds is 5. The van der Waals surface area contributed by atoms with Gasteiger partial charge in [0, 0.05) is 40.3 Å². The molecule has 2 N–H and O–H groups in total. The third-order valence-corrected chi connectivity index (χ3v) is 4.08. The quantitative estimate of drug-likeness (QED) is 0.832. The molecule has 1 unspecified atom stereocenters. The molecular weight excluding hydrogens is 299 g/mol. The van der Waals surface area contributed by atoms with Gasteiger partial charge in [0.05, 0.1) is 6.54 Å². The zero-order valence-electron chi connectivity index (χ0n) is 13.5. The SMILES string of the molecule is CN(C)C(=O)CN1CCN(C(C(N)=O)c2ccc(F)cc2)CC1. The maximum atomic E-state index is 13.1. The van der Waals surface area contributed by atoms with E-state index in [-0.39, 0.29) is 11.7 Å². The summed E-state index contributed by atoms with van der Waals surface area (Å²) in [5.74, 6) is -0.734. The average molecular weight is 322 g/mol. The normalized spacial score (nSPS) is 17.7. The summed E-state index contributed by atoms with van der Waals surface area (Å²) in [7, 11) is 3.46. The predicted molar refractivity (Wildman–Crippen MR) is 85.0 cm³/mol. The van der Waals surface area contributed by atoms with Crippen LogP contribution in [0.2, 0.25) is 0 Å². The largest absolute Gasteiger partial charge is 0.368 e. The maximum Gasteiger partial charge on any atom is 0.239 e. The lowest BCUT2D eigenvalue weighted by molar-refractivity contribution is -0.131. The summed E-state index contributed by atoms with van der Waals surface area (Å²) in [5, 5.41) is 0. The number of nitrogens with zero attached hydrogens (tertiary/aromatic N) is 3. The van der Waals surface area contributed by atoms with Gasteiger partial charge in [0.1, 0.15) is 11.9 Å². The molecule has 1 saturated heterocycles. The van der Waals surface area contributed by atoms with Gasteiger partial charge in [-0.25, -0.2) is 4.39 Å². The fourth-order valence-corrected chi connectivity index (χ4v) is 2.71. The van der Waals surface area contributed by atoms with Gasteiger partial charge in [-0.05, 0) is 17.7 Å². The molecule has 0 aliphatic carbocycles. The number of piperazine rings is 1. The summed E-state index contributed by atoms with van der Waals surface area (Å²) in [4.78, 5) is 29.2. The minimum Gasteiger partial charge on any atom is -0.368 e. The Balaban J connectivity index is 2.00. The zero-order chi connectivity index (χ0) is 17.0. The summed E-state index contributed by atoms with van der Waals surface area (Å²) >= 11 is 0. The molecule has 1 atom stereocenters. The van der Waals surface area contributed by atoms with Crippen LogP contribution in [0.3, 0.4) is 0 Å². The highest BCUT2D eigenvalue weighted by atomic mass is 19.1. The molecule has 0 aromatic heterocycles. The zero-order valence-corrected chi connectivity index (χ0v) is 13.5. The van der Waals surface area contributed by atoms with Crippen molar-refractivity contribution in [2.24, 2.45) is 5.73 Å². The lowest BCUT2D eigenvalue weighted by Crippen LogP contribution is -2.52. The van der Waals surface area contributed by atoms with Crippen LogP contribution < -0.4 is 5.73 Å². The lowest BCUT2D eigenvalue weighted by atomic mass is 10.0. The number of primary amides is 1. The summed E-state index contributed by atoms with van der Waals surface area (Å²) in [5.41, 5.74) is 6.24. The Bertz CT molecular complexity index is 554. The number of nitrogens with two attached hydrogens (primary N) is 1. The van der Waals surface area contributed by atoms with Gasteiger partial charge in [0.2, 0.25) is 11.8 Å². The number of halogens is 1. The Kier molecular flexibility index (Phi) is 5.68. The Morgan fingerprint density at radius 2 is 1.74 bits per heavy atom. The van der Waals surface area contributed by atoms with E-state index in [0.29, 0.717) is 38.3 Å².